The van der Waals surface area contributed by atoms with Crippen LogP contribution in [0.1, 0.15) is 52.9 Å². The number of unbranched alkanes of at least 4 members (excludes halogenated alkanes) is 3. The third kappa shape index (κ3) is 6.58. The van der Waals surface area contributed by atoms with Gasteiger partial charge in [-0.15, -0.1) is 11.8 Å². The zero-order chi connectivity index (χ0) is 19.9. The summed E-state index contributed by atoms with van der Waals surface area (Å²) in [5, 5.41) is 1.50. The van der Waals surface area contributed by atoms with E-state index >= 15 is 0 Å². The van der Waals surface area contributed by atoms with Crippen LogP contribution in [0.3, 0.4) is 0 Å². The van der Waals surface area contributed by atoms with Gasteiger partial charge in [-0.1, -0.05) is 31.4 Å². The van der Waals surface area contributed by atoms with E-state index in [0.717, 1.165) is 48.1 Å². The molecule has 4 nitrogen and oxygen atoms in total. The van der Waals surface area contributed by atoms with E-state index in [9.17, 15) is 9.59 Å². The number of fused-ring (bicyclic) bond motifs is 1. The number of hydrogen-bond acceptors (Lipinski definition) is 5. The summed E-state index contributed by atoms with van der Waals surface area (Å²) in [5.41, 5.74) is -0.180. The van der Waals surface area contributed by atoms with Gasteiger partial charge in [0, 0.05) is 21.4 Å². The third-order valence-corrected chi connectivity index (χ3v) is 6.01. The normalized spacial score (nSPS) is 11.7. The van der Waals surface area contributed by atoms with Gasteiger partial charge in [-0.3, -0.25) is 4.79 Å². The fourth-order valence-corrected chi connectivity index (χ4v) is 3.71. The van der Waals surface area contributed by atoms with Crippen molar-refractivity contribution < 1.29 is 13.9 Å². The largest absolute Gasteiger partial charge is 0.465 e. The molecule has 0 spiro atoms. The van der Waals surface area contributed by atoms with Gasteiger partial charge in [0.25, 0.3) is 0 Å². The van der Waals surface area contributed by atoms with Crippen molar-refractivity contribution in [1.82, 2.24) is 0 Å². The van der Waals surface area contributed by atoms with E-state index in [-0.39, 0.29) is 11.6 Å². The predicted molar refractivity (Wildman–Crippen MR) is 112 cm³/mol. The fraction of sp³-hybridized carbons (Fsp3) is 0.524. The van der Waals surface area contributed by atoms with Crippen molar-refractivity contribution in [3.8, 4) is 0 Å². The van der Waals surface area contributed by atoms with Gasteiger partial charge in [-0.2, -0.15) is 0 Å². The van der Waals surface area contributed by atoms with Crippen LogP contribution in [0.5, 0.6) is 0 Å². The van der Waals surface area contributed by atoms with Crippen molar-refractivity contribution in [2.75, 3.05) is 12.4 Å². The minimum absolute atomic E-state index is 0.117. The van der Waals surface area contributed by atoms with Gasteiger partial charge in [0.05, 0.1) is 12.0 Å². The van der Waals surface area contributed by atoms with Crippen molar-refractivity contribution in [2.45, 2.75) is 57.8 Å². The number of hydrogen-bond donors (Lipinski definition) is 0. The molecular weight excluding hydrogens is 384 g/mol. The van der Waals surface area contributed by atoms with Crippen molar-refractivity contribution in [1.29, 1.82) is 0 Å². The predicted octanol–water partition coefficient (Wildman–Crippen LogP) is 6.08. The number of halogens is 1. The van der Waals surface area contributed by atoms with Crippen molar-refractivity contribution in [3.05, 3.63) is 39.7 Å². The molecule has 1 aromatic carbocycles. The Morgan fingerprint density at radius 2 is 1.93 bits per heavy atom. The Kier molecular flexibility index (Phi) is 8.24. The molecule has 2 aromatic rings. The average Bonchev–Trinajstić information content (AvgIpc) is 2.63. The molecule has 0 amide bonds. The van der Waals surface area contributed by atoms with Crippen molar-refractivity contribution in [3.63, 3.8) is 0 Å². The van der Waals surface area contributed by atoms with Gasteiger partial charge in [0.15, 0.2) is 0 Å². The Hall–Kier alpha value is -1.46. The summed E-state index contributed by atoms with van der Waals surface area (Å²) in [7, 11) is 0. The molecule has 1 heterocycles. The first kappa shape index (κ1) is 21.8. The van der Waals surface area contributed by atoms with Gasteiger partial charge < -0.3 is 9.15 Å². The van der Waals surface area contributed by atoms with E-state index in [1.165, 1.54) is 6.07 Å². The summed E-state index contributed by atoms with van der Waals surface area (Å²) in [6.07, 6.45) is 4.76. The van der Waals surface area contributed by atoms with Gasteiger partial charge in [0.1, 0.15) is 5.58 Å². The van der Waals surface area contributed by atoms with E-state index in [4.69, 9.17) is 20.8 Å². The van der Waals surface area contributed by atoms with Gasteiger partial charge in [-0.25, -0.2) is 4.79 Å². The minimum atomic E-state index is -0.398. The second-order valence-electron chi connectivity index (χ2n) is 7.21. The summed E-state index contributed by atoms with van der Waals surface area (Å²) in [6, 6.07) is 6.80. The lowest BCUT2D eigenvalue weighted by molar-refractivity contribution is -0.154. The molecular formula is C21H27ClO4S. The number of esters is 1. The molecule has 0 aliphatic rings. The van der Waals surface area contributed by atoms with Gasteiger partial charge in [-0.05, 0) is 57.1 Å². The average molecular weight is 411 g/mol. The molecule has 148 valence electrons. The minimum Gasteiger partial charge on any atom is -0.465 e. The highest BCUT2D eigenvalue weighted by atomic mass is 35.5. The Bertz CT molecular complexity index is 829. The summed E-state index contributed by atoms with van der Waals surface area (Å²) >= 11 is 7.70. The van der Waals surface area contributed by atoms with Crippen LogP contribution in [-0.4, -0.2) is 18.3 Å². The molecule has 0 atom stereocenters. The molecule has 6 heteroatoms. The molecule has 0 saturated heterocycles. The molecule has 0 N–H and O–H groups in total. The first-order chi connectivity index (χ1) is 12.8. The number of benzene rings is 1. The SMILES string of the molecule is CCC(C)(C)C(=O)OCCCCCCSc1cc(=O)oc2ccc(Cl)cc12. The molecule has 0 radical (unpaired) electrons. The standard InChI is InChI=1S/C21H27ClO4S/c1-4-21(2,3)20(24)25-11-7-5-6-8-12-27-18-14-19(23)26-17-10-9-15(22)13-16(17)18/h9-10,13-14H,4-8,11-12H2,1-3H3. The lowest BCUT2D eigenvalue weighted by atomic mass is 9.91. The fourth-order valence-electron chi connectivity index (χ4n) is 2.47. The molecule has 0 bridgehead atoms. The van der Waals surface area contributed by atoms with Crippen LogP contribution in [0.25, 0.3) is 11.0 Å². The number of ether oxygens (including phenoxy) is 1. The number of carbonyl (C=O) groups is 1. The lowest BCUT2D eigenvalue weighted by Crippen LogP contribution is -2.26. The smallest absolute Gasteiger partial charge is 0.337 e. The molecule has 0 aliphatic carbocycles. The third-order valence-electron chi connectivity index (χ3n) is 4.63. The Morgan fingerprint density at radius 3 is 2.67 bits per heavy atom. The summed E-state index contributed by atoms with van der Waals surface area (Å²) < 4.78 is 10.6. The molecule has 2 rings (SSSR count). The van der Waals surface area contributed by atoms with Gasteiger partial charge >= 0.3 is 11.6 Å². The van der Waals surface area contributed by atoms with Crippen molar-refractivity contribution >= 4 is 40.3 Å². The van der Waals surface area contributed by atoms with Crippen LogP contribution in [-0.2, 0) is 9.53 Å². The van der Waals surface area contributed by atoms with Crippen LogP contribution < -0.4 is 5.63 Å². The maximum atomic E-state index is 11.9. The molecule has 27 heavy (non-hydrogen) atoms. The van der Waals surface area contributed by atoms with Crippen LogP contribution >= 0.6 is 23.4 Å². The first-order valence-corrected chi connectivity index (χ1v) is 10.7. The highest BCUT2D eigenvalue weighted by Gasteiger charge is 2.26. The molecule has 1 aromatic heterocycles. The Labute approximate surface area is 169 Å². The Balaban J connectivity index is 1.71. The van der Waals surface area contributed by atoms with E-state index in [1.54, 1.807) is 23.9 Å². The molecule has 0 unspecified atom stereocenters. The number of thioether (sulfide) groups is 1. The van der Waals surface area contributed by atoms with Crippen LogP contribution in [0, 0.1) is 5.41 Å². The van der Waals surface area contributed by atoms with Gasteiger partial charge in [0.2, 0.25) is 0 Å². The number of rotatable bonds is 10. The first-order valence-electron chi connectivity index (χ1n) is 9.37. The van der Waals surface area contributed by atoms with E-state index < -0.39 is 5.41 Å². The zero-order valence-corrected chi connectivity index (χ0v) is 17.8. The molecule has 0 fully saturated rings. The lowest BCUT2D eigenvalue weighted by Gasteiger charge is -2.20. The molecule has 0 saturated carbocycles. The molecule has 0 aliphatic heterocycles. The summed E-state index contributed by atoms with van der Waals surface area (Å²) in [6.45, 7) is 6.30. The maximum Gasteiger partial charge on any atom is 0.337 e. The van der Waals surface area contributed by atoms with Crippen LogP contribution in [0.15, 0.2) is 38.4 Å². The monoisotopic (exact) mass is 410 g/mol. The van der Waals surface area contributed by atoms with E-state index in [2.05, 4.69) is 0 Å². The topological polar surface area (TPSA) is 56.5 Å². The maximum absolute atomic E-state index is 11.9. The second kappa shape index (κ2) is 10.2. The summed E-state index contributed by atoms with van der Waals surface area (Å²) in [5.74, 6) is 0.794. The second-order valence-corrected chi connectivity index (χ2v) is 8.78. The summed E-state index contributed by atoms with van der Waals surface area (Å²) in [4.78, 5) is 24.5. The van der Waals surface area contributed by atoms with E-state index in [1.807, 2.05) is 26.8 Å². The quantitative estimate of drug-likeness (QED) is 0.205. The van der Waals surface area contributed by atoms with Crippen LogP contribution in [0.4, 0.5) is 0 Å². The highest BCUT2D eigenvalue weighted by Crippen LogP contribution is 2.29. The van der Waals surface area contributed by atoms with Crippen LogP contribution in [0.2, 0.25) is 5.02 Å². The number of carbonyl (C=O) groups excluding carboxylic acids is 1. The van der Waals surface area contributed by atoms with E-state index in [0.29, 0.717) is 17.2 Å². The Morgan fingerprint density at radius 1 is 1.19 bits per heavy atom. The highest BCUT2D eigenvalue weighted by molar-refractivity contribution is 7.99. The van der Waals surface area contributed by atoms with Crippen molar-refractivity contribution in [2.24, 2.45) is 5.41 Å². The zero-order valence-electron chi connectivity index (χ0n) is 16.2.